The maximum absolute atomic E-state index is 11.9. The number of hydrogen-bond acceptors (Lipinski definition) is 4. The first-order valence-corrected chi connectivity index (χ1v) is 5.74. The molecule has 1 heterocycles. The molecular formula is C11H22N2O3. The molecule has 0 aromatic heterocycles. The summed E-state index contributed by atoms with van der Waals surface area (Å²) in [5.74, 6) is -0.0992. The van der Waals surface area contributed by atoms with Gasteiger partial charge in [0.05, 0.1) is 12.0 Å². The van der Waals surface area contributed by atoms with Crippen LogP contribution in [0.3, 0.4) is 0 Å². The monoisotopic (exact) mass is 230 g/mol. The minimum atomic E-state index is -0.904. The van der Waals surface area contributed by atoms with Crippen molar-refractivity contribution in [2.24, 2.45) is 11.1 Å². The van der Waals surface area contributed by atoms with Gasteiger partial charge >= 0.3 is 0 Å². The smallest absolute Gasteiger partial charge is 0.227 e. The lowest BCUT2D eigenvalue weighted by molar-refractivity contribution is -0.131. The van der Waals surface area contributed by atoms with Crippen molar-refractivity contribution in [1.82, 2.24) is 5.32 Å². The Labute approximate surface area is 96.3 Å². The zero-order chi connectivity index (χ0) is 12.2. The van der Waals surface area contributed by atoms with Crippen LogP contribution in [0.2, 0.25) is 0 Å². The average Bonchev–Trinajstić information content (AvgIpc) is 2.72. The maximum Gasteiger partial charge on any atom is 0.227 e. The molecule has 5 heteroatoms. The van der Waals surface area contributed by atoms with E-state index < -0.39 is 11.0 Å². The summed E-state index contributed by atoms with van der Waals surface area (Å²) in [6.45, 7) is 5.15. The molecule has 0 radical (unpaired) electrons. The van der Waals surface area contributed by atoms with Crippen molar-refractivity contribution < 1.29 is 14.6 Å². The van der Waals surface area contributed by atoms with Crippen molar-refractivity contribution in [2.75, 3.05) is 26.3 Å². The van der Waals surface area contributed by atoms with Gasteiger partial charge in [-0.25, -0.2) is 0 Å². The van der Waals surface area contributed by atoms with Crippen molar-refractivity contribution in [3.63, 3.8) is 0 Å². The minimum absolute atomic E-state index is 0.0992. The Morgan fingerprint density at radius 3 is 2.81 bits per heavy atom. The number of carbonyl (C=O) groups is 1. The molecular weight excluding hydrogens is 208 g/mol. The molecule has 0 spiro atoms. The van der Waals surface area contributed by atoms with E-state index in [4.69, 9.17) is 10.5 Å². The first-order chi connectivity index (χ1) is 7.46. The molecule has 2 atom stereocenters. The molecule has 2 unspecified atom stereocenters. The SMILES string of the molecule is CCC(C)(CN)C(=O)NCC1(O)CCOC1. The van der Waals surface area contributed by atoms with Crippen molar-refractivity contribution in [3.8, 4) is 0 Å². The topological polar surface area (TPSA) is 84.6 Å². The number of amides is 1. The number of carbonyl (C=O) groups excluding carboxylic acids is 1. The highest BCUT2D eigenvalue weighted by molar-refractivity contribution is 5.82. The highest BCUT2D eigenvalue weighted by atomic mass is 16.5. The Balaban J connectivity index is 2.45. The minimum Gasteiger partial charge on any atom is -0.386 e. The molecule has 0 saturated carbocycles. The lowest BCUT2D eigenvalue weighted by Crippen LogP contribution is -2.49. The quantitative estimate of drug-likeness (QED) is 0.601. The molecule has 0 aliphatic carbocycles. The van der Waals surface area contributed by atoms with Gasteiger partial charge in [0, 0.05) is 26.1 Å². The third-order valence-electron chi connectivity index (χ3n) is 3.44. The summed E-state index contributed by atoms with van der Waals surface area (Å²) in [5.41, 5.74) is 4.14. The predicted octanol–water partition coefficient (Wildman–Crippen LogP) is -0.371. The van der Waals surface area contributed by atoms with Crippen LogP contribution in [0.4, 0.5) is 0 Å². The van der Waals surface area contributed by atoms with Crippen LogP contribution in [0.25, 0.3) is 0 Å². The van der Waals surface area contributed by atoms with E-state index >= 15 is 0 Å². The van der Waals surface area contributed by atoms with Crippen LogP contribution in [0.5, 0.6) is 0 Å². The van der Waals surface area contributed by atoms with Gasteiger partial charge in [-0.1, -0.05) is 6.92 Å². The fraction of sp³-hybridized carbons (Fsp3) is 0.909. The van der Waals surface area contributed by atoms with Crippen LogP contribution in [-0.2, 0) is 9.53 Å². The number of ether oxygens (including phenoxy) is 1. The average molecular weight is 230 g/mol. The summed E-state index contributed by atoms with van der Waals surface area (Å²) < 4.78 is 5.10. The summed E-state index contributed by atoms with van der Waals surface area (Å²) in [6.07, 6.45) is 1.25. The number of nitrogens with two attached hydrogens (primary N) is 1. The molecule has 1 saturated heterocycles. The molecule has 0 aromatic carbocycles. The highest BCUT2D eigenvalue weighted by Gasteiger charge is 2.35. The molecule has 1 amide bonds. The van der Waals surface area contributed by atoms with Gasteiger partial charge in [-0.15, -0.1) is 0 Å². The van der Waals surface area contributed by atoms with E-state index in [1.807, 2.05) is 13.8 Å². The van der Waals surface area contributed by atoms with E-state index in [1.165, 1.54) is 0 Å². The molecule has 0 aromatic rings. The zero-order valence-corrected chi connectivity index (χ0v) is 10.1. The van der Waals surface area contributed by atoms with E-state index in [1.54, 1.807) is 0 Å². The first kappa shape index (κ1) is 13.4. The van der Waals surface area contributed by atoms with Crippen molar-refractivity contribution >= 4 is 5.91 Å². The summed E-state index contributed by atoms with van der Waals surface area (Å²) in [6, 6.07) is 0. The summed E-state index contributed by atoms with van der Waals surface area (Å²) in [5, 5.41) is 12.7. The summed E-state index contributed by atoms with van der Waals surface area (Å²) >= 11 is 0. The normalized spacial score (nSPS) is 28.8. The molecule has 1 fully saturated rings. The molecule has 1 rings (SSSR count). The van der Waals surface area contributed by atoms with Gasteiger partial charge in [0.1, 0.15) is 5.60 Å². The Bertz CT molecular complexity index is 246. The Morgan fingerprint density at radius 1 is 1.69 bits per heavy atom. The van der Waals surface area contributed by atoms with Crippen molar-refractivity contribution in [3.05, 3.63) is 0 Å². The van der Waals surface area contributed by atoms with E-state index in [0.717, 1.165) is 0 Å². The number of nitrogens with one attached hydrogen (secondary N) is 1. The molecule has 16 heavy (non-hydrogen) atoms. The second-order valence-electron chi connectivity index (χ2n) is 4.83. The number of aliphatic hydroxyl groups is 1. The fourth-order valence-corrected chi connectivity index (χ4v) is 1.59. The summed E-state index contributed by atoms with van der Waals surface area (Å²) in [4.78, 5) is 11.9. The Morgan fingerprint density at radius 2 is 2.38 bits per heavy atom. The van der Waals surface area contributed by atoms with Crippen LogP contribution in [0.1, 0.15) is 26.7 Å². The number of hydrogen-bond donors (Lipinski definition) is 3. The van der Waals surface area contributed by atoms with Gasteiger partial charge in [-0.2, -0.15) is 0 Å². The second-order valence-corrected chi connectivity index (χ2v) is 4.83. The summed E-state index contributed by atoms with van der Waals surface area (Å²) in [7, 11) is 0. The van der Waals surface area contributed by atoms with Crippen molar-refractivity contribution in [2.45, 2.75) is 32.3 Å². The van der Waals surface area contributed by atoms with E-state index in [-0.39, 0.29) is 12.5 Å². The molecule has 1 aliphatic rings. The lowest BCUT2D eigenvalue weighted by Gasteiger charge is -2.28. The van der Waals surface area contributed by atoms with Crippen molar-refractivity contribution in [1.29, 1.82) is 0 Å². The third-order valence-corrected chi connectivity index (χ3v) is 3.44. The zero-order valence-electron chi connectivity index (χ0n) is 10.1. The van der Waals surface area contributed by atoms with Gasteiger partial charge in [0.2, 0.25) is 5.91 Å². The second kappa shape index (κ2) is 5.12. The predicted molar refractivity (Wildman–Crippen MR) is 60.8 cm³/mol. The first-order valence-electron chi connectivity index (χ1n) is 5.74. The molecule has 4 N–H and O–H groups in total. The van der Waals surface area contributed by atoms with Crippen LogP contribution in [0.15, 0.2) is 0 Å². The Hall–Kier alpha value is -0.650. The largest absolute Gasteiger partial charge is 0.386 e. The maximum atomic E-state index is 11.9. The van der Waals surface area contributed by atoms with Gasteiger partial charge in [0.15, 0.2) is 0 Å². The van der Waals surface area contributed by atoms with Gasteiger partial charge in [0.25, 0.3) is 0 Å². The van der Waals surface area contributed by atoms with Gasteiger partial charge in [-0.05, 0) is 13.3 Å². The molecule has 0 bridgehead atoms. The standard InChI is InChI=1S/C11H22N2O3/c1-3-10(2,6-12)9(14)13-7-11(15)4-5-16-8-11/h15H,3-8,12H2,1-2H3,(H,13,14). The van der Waals surface area contributed by atoms with Gasteiger partial charge in [-0.3, -0.25) is 4.79 Å². The van der Waals surface area contributed by atoms with Gasteiger partial charge < -0.3 is 20.9 Å². The van der Waals surface area contributed by atoms with Crippen LogP contribution >= 0.6 is 0 Å². The van der Waals surface area contributed by atoms with Crippen LogP contribution < -0.4 is 11.1 Å². The molecule has 1 aliphatic heterocycles. The third kappa shape index (κ3) is 2.93. The highest BCUT2D eigenvalue weighted by Crippen LogP contribution is 2.21. The van der Waals surface area contributed by atoms with E-state index in [9.17, 15) is 9.90 Å². The van der Waals surface area contributed by atoms with E-state index in [2.05, 4.69) is 5.32 Å². The van der Waals surface area contributed by atoms with E-state index in [0.29, 0.717) is 32.6 Å². The van der Waals surface area contributed by atoms with Crippen LogP contribution in [-0.4, -0.2) is 42.9 Å². The molecule has 94 valence electrons. The van der Waals surface area contributed by atoms with Crippen LogP contribution in [0, 0.1) is 5.41 Å². The lowest BCUT2D eigenvalue weighted by atomic mass is 9.86. The number of rotatable bonds is 5. The Kier molecular flexibility index (Phi) is 4.29. The molecule has 5 nitrogen and oxygen atoms in total. The fourth-order valence-electron chi connectivity index (χ4n) is 1.59.